The van der Waals surface area contributed by atoms with E-state index in [9.17, 15) is 0 Å². The molecule has 2 rings (SSSR count). The van der Waals surface area contributed by atoms with E-state index in [2.05, 4.69) is 19.2 Å². The molecule has 3 nitrogen and oxygen atoms in total. The second-order valence-corrected chi connectivity index (χ2v) is 5.71. The molecule has 0 fully saturated rings. The molecule has 0 saturated heterocycles. The third kappa shape index (κ3) is 3.33. The number of hydrogen-bond donors (Lipinski definition) is 1. The average molecular weight is 276 g/mol. The van der Waals surface area contributed by atoms with E-state index in [1.165, 1.54) is 0 Å². The van der Waals surface area contributed by atoms with Crippen LogP contribution in [0, 0.1) is 5.92 Å². The van der Waals surface area contributed by atoms with Gasteiger partial charge >= 0.3 is 0 Å². The quantitative estimate of drug-likeness (QED) is 0.835. The van der Waals surface area contributed by atoms with Crippen molar-refractivity contribution < 1.29 is 4.74 Å². The standard InChI is InChI=1S/C15H20N2OS/c1-4-18-14(10(2)3)15-17-13(9-19-15)11-6-5-7-12(16)8-11/h5-10,14H,4,16H2,1-3H3. The Morgan fingerprint density at radius 1 is 1.37 bits per heavy atom. The van der Waals surface area contributed by atoms with Crippen LogP contribution in [-0.4, -0.2) is 11.6 Å². The summed E-state index contributed by atoms with van der Waals surface area (Å²) in [7, 11) is 0. The molecule has 1 heterocycles. The highest BCUT2D eigenvalue weighted by Gasteiger charge is 2.19. The molecule has 0 bridgehead atoms. The Balaban J connectivity index is 2.27. The molecule has 1 aromatic heterocycles. The second-order valence-electron chi connectivity index (χ2n) is 4.82. The third-order valence-electron chi connectivity index (χ3n) is 2.90. The van der Waals surface area contributed by atoms with Crippen LogP contribution < -0.4 is 5.73 Å². The lowest BCUT2D eigenvalue weighted by atomic mass is 10.1. The van der Waals surface area contributed by atoms with Gasteiger partial charge < -0.3 is 10.5 Å². The molecule has 2 aromatic rings. The second kappa shape index (κ2) is 6.17. The van der Waals surface area contributed by atoms with Gasteiger partial charge in [-0.3, -0.25) is 0 Å². The van der Waals surface area contributed by atoms with Crippen molar-refractivity contribution in [1.29, 1.82) is 0 Å². The molecule has 0 amide bonds. The lowest BCUT2D eigenvalue weighted by molar-refractivity contribution is 0.0293. The van der Waals surface area contributed by atoms with Gasteiger partial charge in [-0.1, -0.05) is 26.0 Å². The van der Waals surface area contributed by atoms with Crippen LogP contribution >= 0.6 is 11.3 Å². The van der Waals surface area contributed by atoms with E-state index in [0.29, 0.717) is 12.5 Å². The normalized spacial score (nSPS) is 12.8. The Bertz CT molecular complexity index is 536. The predicted molar refractivity (Wildman–Crippen MR) is 81.2 cm³/mol. The summed E-state index contributed by atoms with van der Waals surface area (Å²) >= 11 is 1.65. The topological polar surface area (TPSA) is 48.1 Å². The summed E-state index contributed by atoms with van der Waals surface area (Å²) in [6.45, 7) is 7.03. The first-order chi connectivity index (χ1) is 9.11. The minimum Gasteiger partial charge on any atom is -0.399 e. The fourth-order valence-corrected chi connectivity index (χ4v) is 3.02. The fraction of sp³-hybridized carbons (Fsp3) is 0.400. The number of thiazole rings is 1. The summed E-state index contributed by atoms with van der Waals surface area (Å²) < 4.78 is 5.79. The van der Waals surface area contributed by atoms with E-state index in [-0.39, 0.29) is 6.10 Å². The maximum atomic E-state index is 5.81. The van der Waals surface area contributed by atoms with Gasteiger partial charge in [0.1, 0.15) is 11.1 Å². The molecule has 1 atom stereocenters. The van der Waals surface area contributed by atoms with Crippen molar-refractivity contribution in [3.63, 3.8) is 0 Å². The van der Waals surface area contributed by atoms with E-state index in [1.807, 2.05) is 31.2 Å². The van der Waals surface area contributed by atoms with Crippen LogP contribution in [0.1, 0.15) is 31.9 Å². The summed E-state index contributed by atoms with van der Waals surface area (Å²) in [6, 6.07) is 7.81. The number of ether oxygens (including phenoxy) is 1. The van der Waals surface area contributed by atoms with Crippen molar-refractivity contribution >= 4 is 17.0 Å². The predicted octanol–water partition coefficient (Wildman–Crippen LogP) is 4.13. The first-order valence-electron chi connectivity index (χ1n) is 6.54. The minimum absolute atomic E-state index is 0.0739. The number of benzene rings is 1. The van der Waals surface area contributed by atoms with Crippen LogP contribution in [-0.2, 0) is 4.74 Å². The number of nitrogen functional groups attached to an aromatic ring is 1. The van der Waals surface area contributed by atoms with Crippen molar-refractivity contribution in [1.82, 2.24) is 4.98 Å². The van der Waals surface area contributed by atoms with Crippen LogP contribution in [0.2, 0.25) is 0 Å². The van der Waals surface area contributed by atoms with Gasteiger partial charge in [0.05, 0.1) is 5.69 Å². The molecule has 19 heavy (non-hydrogen) atoms. The highest BCUT2D eigenvalue weighted by Crippen LogP contribution is 2.31. The highest BCUT2D eigenvalue weighted by molar-refractivity contribution is 7.10. The van der Waals surface area contributed by atoms with Gasteiger partial charge in [0, 0.05) is 23.2 Å². The Morgan fingerprint density at radius 2 is 2.16 bits per heavy atom. The number of hydrogen-bond acceptors (Lipinski definition) is 4. The van der Waals surface area contributed by atoms with Crippen LogP contribution in [0.25, 0.3) is 11.3 Å². The molecular formula is C15H20N2OS. The Hall–Kier alpha value is -1.39. The maximum Gasteiger partial charge on any atom is 0.122 e. The maximum absolute atomic E-state index is 5.81. The molecule has 0 spiro atoms. The van der Waals surface area contributed by atoms with E-state index < -0.39 is 0 Å². The molecule has 0 aliphatic carbocycles. The molecule has 0 aliphatic rings. The van der Waals surface area contributed by atoms with Crippen LogP contribution in [0.3, 0.4) is 0 Å². The van der Waals surface area contributed by atoms with Gasteiger partial charge in [-0.25, -0.2) is 4.98 Å². The van der Waals surface area contributed by atoms with E-state index in [1.54, 1.807) is 11.3 Å². The molecular weight excluding hydrogens is 256 g/mol. The molecule has 0 radical (unpaired) electrons. The molecule has 2 N–H and O–H groups in total. The largest absolute Gasteiger partial charge is 0.399 e. The first kappa shape index (κ1) is 14.0. The summed E-state index contributed by atoms with van der Waals surface area (Å²) in [5.74, 6) is 0.416. The lowest BCUT2D eigenvalue weighted by Crippen LogP contribution is -2.10. The van der Waals surface area contributed by atoms with E-state index in [4.69, 9.17) is 15.5 Å². The summed E-state index contributed by atoms with van der Waals surface area (Å²) in [5, 5.41) is 3.10. The van der Waals surface area contributed by atoms with Gasteiger partial charge in [0.25, 0.3) is 0 Å². The Kier molecular flexibility index (Phi) is 4.56. The zero-order valence-electron chi connectivity index (χ0n) is 11.6. The Morgan fingerprint density at radius 3 is 2.79 bits per heavy atom. The van der Waals surface area contributed by atoms with Crippen molar-refractivity contribution in [3.8, 4) is 11.3 Å². The van der Waals surface area contributed by atoms with E-state index in [0.717, 1.165) is 22.0 Å². The number of nitrogens with two attached hydrogens (primary N) is 1. The fourth-order valence-electron chi connectivity index (χ4n) is 1.98. The van der Waals surface area contributed by atoms with Crippen LogP contribution in [0.15, 0.2) is 29.6 Å². The van der Waals surface area contributed by atoms with Gasteiger partial charge in [-0.05, 0) is 25.0 Å². The van der Waals surface area contributed by atoms with Crippen LogP contribution in [0.4, 0.5) is 5.69 Å². The summed E-state index contributed by atoms with van der Waals surface area (Å²) in [6.07, 6.45) is 0.0739. The van der Waals surface area contributed by atoms with Crippen molar-refractivity contribution in [2.24, 2.45) is 5.92 Å². The molecule has 0 aliphatic heterocycles. The van der Waals surface area contributed by atoms with E-state index >= 15 is 0 Å². The highest BCUT2D eigenvalue weighted by atomic mass is 32.1. The number of nitrogens with zero attached hydrogens (tertiary/aromatic N) is 1. The number of anilines is 1. The Labute approximate surface area is 118 Å². The summed E-state index contributed by atoms with van der Waals surface area (Å²) in [4.78, 5) is 4.70. The molecule has 102 valence electrons. The number of rotatable bonds is 5. The first-order valence-corrected chi connectivity index (χ1v) is 7.42. The molecule has 4 heteroatoms. The molecule has 0 saturated carbocycles. The third-order valence-corrected chi connectivity index (χ3v) is 3.81. The number of aromatic nitrogens is 1. The molecule has 1 unspecified atom stereocenters. The van der Waals surface area contributed by atoms with Gasteiger partial charge in [0.2, 0.25) is 0 Å². The van der Waals surface area contributed by atoms with Crippen molar-refractivity contribution in [3.05, 3.63) is 34.7 Å². The van der Waals surface area contributed by atoms with Crippen molar-refractivity contribution in [2.45, 2.75) is 26.9 Å². The van der Waals surface area contributed by atoms with Crippen molar-refractivity contribution in [2.75, 3.05) is 12.3 Å². The lowest BCUT2D eigenvalue weighted by Gasteiger charge is -2.18. The smallest absolute Gasteiger partial charge is 0.122 e. The monoisotopic (exact) mass is 276 g/mol. The van der Waals surface area contributed by atoms with Crippen LogP contribution in [0.5, 0.6) is 0 Å². The van der Waals surface area contributed by atoms with Gasteiger partial charge in [-0.15, -0.1) is 11.3 Å². The zero-order valence-corrected chi connectivity index (χ0v) is 12.4. The van der Waals surface area contributed by atoms with Gasteiger partial charge in [0.15, 0.2) is 0 Å². The SMILES string of the molecule is CCOC(c1nc(-c2cccc(N)c2)cs1)C(C)C. The molecule has 1 aromatic carbocycles. The average Bonchev–Trinajstić information content (AvgIpc) is 2.84. The summed E-state index contributed by atoms with van der Waals surface area (Å²) in [5.41, 5.74) is 8.60. The van der Waals surface area contributed by atoms with Gasteiger partial charge in [-0.2, -0.15) is 0 Å². The zero-order chi connectivity index (χ0) is 13.8. The minimum atomic E-state index is 0.0739.